The number of thiazole rings is 1. The minimum Gasteiger partial charge on any atom is -0.477 e. The summed E-state index contributed by atoms with van der Waals surface area (Å²) in [5, 5.41) is 5.74. The summed E-state index contributed by atoms with van der Waals surface area (Å²) in [5.41, 5.74) is 0.500. The number of aryl methyl sites for hydroxylation is 1. The summed E-state index contributed by atoms with van der Waals surface area (Å²) in [6, 6.07) is 0.156. The first kappa shape index (κ1) is 16.6. The van der Waals surface area contributed by atoms with Crippen LogP contribution in [0.2, 0.25) is 0 Å². The van der Waals surface area contributed by atoms with Gasteiger partial charge in [0.2, 0.25) is 0 Å². The fourth-order valence-corrected chi connectivity index (χ4v) is 3.34. The first-order valence-corrected chi connectivity index (χ1v) is 8.78. The first-order chi connectivity index (χ1) is 11.7. The van der Waals surface area contributed by atoms with Crippen LogP contribution in [0.5, 0.6) is 11.8 Å². The van der Waals surface area contributed by atoms with Crippen LogP contribution in [0.15, 0.2) is 17.8 Å². The van der Waals surface area contributed by atoms with Gasteiger partial charge in [-0.15, -0.1) is 11.3 Å². The summed E-state index contributed by atoms with van der Waals surface area (Å²) in [5.74, 6) is 0.719. The molecule has 0 bridgehead atoms. The van der Waals surface area contributed by atoms with Crippen molar-refractivity contribution in [3.05, 3.63) is 28.5 Å². The van der Waals surface area contributed by atoms with Gasteiger partial charge in [0.05, 0.1) is 12.1 Å². The molecule has 2 heterocycles. The molecule has 1 aliphatic rings. The molecule has 8 heteroatoms. The van der Waals surface area contributed by atoms with Gasteiger partial charge in [-0.2, -0.15) is 0 Å². The topological polar surface area (TPSA) is 86.2 Å². The zero-order valence-electron chi connectivity index (χ0n) is 13.7. The van der Waals surface area contributed by atoms with Crippen LogP contribution < -0.4 is 14.8 Å². The molecule has 3 rings (SSSR count). The van der Waals surface area contributed by atoms with E-state index in [0.717, 1.165) is 30.7 Å². The Hall–Kier alpha value is -2.22. The maximum Gasteiger partial charge on any atom is 0.278 e. The van der Waals surface area contributed by atoms with E-state index in [0.29, 0.717) is 17.5 Å². The molecule has 1 N–H and O–H groups in total. The average Bonchev–Trinajstić information content (AvgIpc) is 3.04. The standard InChI is InChI=1S/C16H20N4O3S/c1-10-19-13(9-24-10)14(21)20-11-3-5-12(6-4-11)23-16-15(22-2)17-7-8-18-16/h7-9,11-12H,3-6H2,1-2H3,(H,20,21). The summed E-state index contributed by atoms with van der Waals surface area (Å²) in [6.07, 6.45) is 6.63. The van der Waals surface area contributed by atoms with Crippen molar-refractivity contribution in [3.8, 4) is 11.8 Å². The first-order valence-electron chi connectivity index (χ1n) is 7.90. The van der Waals surface area contributed by atoms with E-state index in [-0.39, 0.29) is 18.1 Å². The van der Waals surface area contributed by atoms with E-state index in [4.69, 9.17) is 9.47 Å². The van der Waals surface area contributed by atoms with Crippen LogP contribution in [0.3, 0.4) is 0 Å². The number of aromatic nitrogens is 3. The fourth-order valence-electron chi connectivity index (χ4n) is 2.74. The van der Waals surface area contributed by atoms with E-state index >= 15 is 0 Å². The van der Waals surface area contributed by atoms with Gasteiger partial charge >= 0.3 is 0 Å². The summed E-state index contributed by atoms with van der Waals surface area (Å²) in [4.78, 5) is 24.6. The maximum atomic E-state index is 12.1. The molecule has 0 saturated heterocycles. The number of rotatable bonds is 5. The number of methoxy groups -OCH3 is 1. The van der Waals surface area contributed by atoms with Crippen molar-refractivity contribution in [1.82, 2.24) is 20.3 Å². The van der Waals surface area contributed by atoms with E-state index in [2.05, 4.69) is 20.3 Å². The monoisotopic (exact) mass is 348 g/mol. The highest BCUT2D eigenvalue weighted by Gasteiger charge is 2.25. The van der Waals surface area contributed by atoms with Crippen LogP contribution in [0.4, 0.5) is 0 Å². The molecule has 1 saturated carbocycles. The summed E-state index contributed by atoms with van der Waals surface area (Å²) < 4.78 is 11.0. The van der Waals surface area contributed by atoms with Gasteiger partial charge in [-0.25, -0.2) is 15.0 Å². The lowest BCUT2D eigenvalue weighted by Gasteiger charge is -2.29. The van der Waals surface area contributed by atoms with E-state index < -0.39 is 0 Å². The zero-order valence-corrected chi connectivity index (χ0v) is 14.5. The van der Waals surface area contributed by atoms with Crippen molar-refractivity contribution < 1.29 is 14.3 Å². The third-order valence-corrected chi connectivity index (χ3v) is 4.74. The molecular weight excluding hydrogens is 328 g/mol. The van der Waals surface area contributed by atoms with Gasteiger partial charge in [-0.3, -0.25) is 4.79 Å². The fraction of sp³-hybridized carbons (Fsp3) is 0.500. The van der Waals surface area contributed by atoms with Crippen LogP contribution in [0, 0.1) is 6.92 Å². The van der Waals surface area contributed by atoms with Crippen molar-refractivity contribution >= 4 is 17.2 Å². The summed E-state index contributed by atoms with van der Waals surface area (Å²) >= 11 is 1.48. The second-order valence-electron chi connectivity index (χ2n) is 5.69. The Kier molecular flexibility index (Phi) is 5.24. The van der Waals surface area contributed by atoms with E-state index in [1.807, 2.05) is 6.92 Å². The van der Waals surface area contributed by atoms with Crippen molar-refractivity contribution in [1.29, 1.82) is 0 Å². The third-order valence-electron chi connectivity index (χ3n) is 3.97. The minimum atomic E-state index is -0.0979. The molecule has 7 nitrogen and oxygen atoms in total. The Labute approximate surface area is 144 Å². The van der Waals surface area contributed by atoms with Crippen LogP contribution >= 0.6 is 11.3 Å². The number of nitrogens with zero attached hydrogens (tertiary/aromatic N) is 3. The number of amides is 1. The predicted octanol–water partition coefficient (Wildman–Crippen LogP) is 2.37. The Balaban J connectivity index is 1.50. The van der Waals surface area contributed by atoms with Crippen LogP contribution in [-0.2, 0) is 0 Å². The molecule has 1 fully saturated rings. The number of carbonyl (C=O) groups is 1. The van der Waals surface area contributed by atoms with Crippen molar-refractivity contribution in [2.24, 2.45) is 0 Å². The summed E-state index contributed by atoms with van der Waals surface area (Å²) in [7, 11) is 1.55. The number of hydrogen-bond donors (Lipinski definition) is 1. The molecule has 1 aliphatic carbocycles. The Morgan fingerprint density at radius 1 is 1.21 bits per heavy atom. The molecular formula is C16H20N4O3S. The van der Waals surface area contributed by atoms with Crippen molar-refractivity contribution in [3.63, 3.8) is 0 Å². The second-order valence-corrected chi connectivity index (χ2v) is 6.75. The van der Waals surface area contributed by atoms with Crippen molar-refractivity contribution in [2.75, 3.05) is 7.11 Å². The molecule has 0 unspecified atom stereocenters. The SMILES string of the molecule is COc1nccnc1OC1CCC(NC(=O)c2csc(C)n2)CC1. The second kappa shape index (κ2) is 7.57. The molecule has 0 radical (unpaired) electrons. The number of hydrogen-bond acceptors (Lipinski definition) is 7. The summed E-state index contributed by atoms with van der Waals surface area (Å²) in [6.45, 7) is 1.89. The zero-order chi connectivity index (χ0) is 16.9. The number of nitrogens with one attached hydrogen (secondary N) is 1. The predicted molar refractivity (Wildman–Crippen MR) is 89.6 cm³/mol. The van der Waals surface area contributed by atoms with Crippen LogP contribution in [0.25, 0.3) is 0 Å². The smallest absolute Gasteiger partial charge is 0.278 e. The highest BCUT2D eigenvalue weighted by atomic mass is 32.1. The molecule has 2 aromatic heterocycles. The lowest BCUT2D eigenvalue weighted by Crippen LogP contribution is -2.39. The Morgan fingerprint density at radius 3 is 2.54 bits per heavy atom. The van der Waals surface area contributed by atoms with Gasteiger partial charge in [0.1, 0.15) is 11.8 Å². The lowest BCUT2D eigenvalue weighted by molar-refractivity contribution is 0.0882. The maximum absolute atomic E-state index is 12.1. The molecule has 2 aromatic rings. The van der Waals surface area contributed by atoms with Gasteiger partial charge in [0.15, 0.2) is 0 Å². The van der Waals surface area contributed by atoms with Gasteiger partial charge in [0, 0.05) is 23.8 Å². The van der Waals surface area contributed by atoms with Gasteiger partial charge < -0.3 is 14.8 Å². The van der Waals surface area contributed by atoms with E-state index in [9.17, 15) is 4.79 Å². The van der Waals surface area contributed by atoms with Crippen LogP contribution in [-0.4, -0.2) is 40.1 Å². The highest BCUT2D eigenvalue weighted by Crippen LogP contribution is 2.27. The minimum absolute atomic E-state index is 0.0604. The number of ether oxygens (including phenoxy) is 2. The molecule has 1 amide bonds. The Bertz CT molecular complexity index is 698. The van der Waals surface area contributed by atoms with E-state index in [1.54, 1.807) is 24.9 Å². The molecule has 24 heavy (non-hydrogen) atoms. The molecule has 128 valence electrons. The molecule has 0 spiro atoms. The van der Waals surface area contributed by atoms with Gasteiger partial charge in [0.25, 0.3) is 17.7 Å². The molecule has 0 atom stereocenters. The lowest BCUT2D eigenvalue weighted by atomic mass is 9.93. The molecule has 0 aromatic carbocycles. The molecule has 0 aliphatic heterocycles. The average molecular weight is 348 g/mol. The van der Waals surface area contributed by atoms with Gasteiger partial charge in [-0.05, 0) is 32.6 Å². The highest BCUT2D eigenvalue weighted by molar-refractivity contribution is 7.09. The normalized spacial score (nSPS) is 20.4. The third kappa shape index (κ3) is 4.00. The van der Waals surface area contributed by atoms with Crippen LogP contribution in [0.1, 0.15) is 41.2 Å². The quantitative estimate of drug-likeness (QED) is 0.893. The van der Waals surface area contributed by atoms with Gasteiger partial charge in [-0.1, -0.05) is 0 Å². The number of carbonyl (C=O) groups excluding carboxylic acids is 1. The largest absolute Gasteiger partial charge is 0.477 e. The van der Waals surface area contributed by atoms with Crippen molar-refractivity contribution in [2.45, 2.75) is 44.8 Å². The van der Waals surface area contributed by atoms with E-state index in [1.165, 1.54) is 11.3 Å². The Morgan fingerprint density at radius 2 is 1.92 bits per heavy atom.